The van der Waals surface area contributed by atoms with Crippen LogP contribution in [0.25, 0.3) is 22.6 Å². The lowest BCUT2D eigenvalue weighted by Crippen LogP contribution is -2.67. The fourth-order valence-corrected chi connectivity index (χ4v) is 6.45. The van der Waals surface area contributed by atoms with Gasteiger partial charge in [0.1, 0.15) is 61.5 Å². The lowest BCUT2D eigenvalue weighted by molar-refractivity contribution is -0.328. The highest BCUT2D eigenvalue weighted by Gasteiger charge is 2.53. The lowest BCUT2D eigenvalue weighted by atomic mass is 9.92. The Morgan fingerprint density at radius 3 is 2.40 bits per heavy atom. The van der Waals surface area contributed by atoms with Gasteiger partial charge in [-0.15, -0.1) is 0 Å². The van der Waals surface area contributed by atoms with Gasteiger partial charge in [0.25, 0.3) is 5.56 Å². The molecule has 13 atom stereocenters. The Bertz CT molecular complexity index is 1860. The number of rotatable bonds is 13. The molecule has 12 unspecified atom stereocenters. The van der Waals surface area contributed by atoms with Crippen LogP contribution in [0.15, 0.2) is 21.7 Å². The number of nitrogens with zero attached hydrogens (tertiary/aromatic N) is 3. The second-order valence-electron chi connectivity index (χ2n) is 13.0. The summed E-state index contributed by atoms with van der Waals surface area (Å²) in [7, 11) is 1.10. The molecule has 0 aliphatic carbocycles. The van der Waals surface area contributed by atoms with E-state index in [9.17, 15) is 54.9 Å². The van der Waals surface area contributed by atoms with E-state index in [-0.39, 0.29) is 11.5 Å². The van der Waals surface area contributed by atoms with Crippen LogP contribution >= 0.6 is 0 Å². The van der Waals surface area contributed by atoms with Crippen LogP contribution in [0.3, 0.4) is 0 Å². The normalized spacial score (nSPS) is 30.8. The van der Waals surface area contributed by atoms with Gasteiger partial charge in [-0.2, -0.15) is 4.98 Å². The Balaban J connectivity index is 1.30. The van der Waals surface area contributed by atoms with Crippen LogP contribution in [-0.2, 0) is 39.8 Å². The number of aromatic amines is 1. The number of aliphatic hydroxyl groups excluding tert-OH is 7. The molecule has 9 N–H and O–H groups in total. The number of hydrogen-bond donors (Lipinski definition) is 9. The molecule has 21 nitrogen and oxygen atoms in total. The second kappa shape index (κ2) is 16.6. The van der Waals surface area contributed by atoms with Gasteiger partial charge >= 0.3 is 11.7 Å². The van der Waals surface area contributed by atoms with E-state index in [0.717, 1.165) is 18.2 Å². The molecule has 1 amide bonds. The summed E-state index contributed by atoms with van der Waals surface area (Å²) in [5, 5.41) is 77.2. The molecule has 4 aliphatic heterocycles. The molecule has 0 aromatic heterocycles. The molecular formula is C32H43N5O16. The van der Waals surface area contributed by atoms with Crippen LogP contribution in [-0.4, -0.2) is 167 Å². The molecule has 5 rings (SSSR count). The van der Waals surface area contributed by atoms with Crippen molar-refractivity contribution in [1.29, 1.82) is 0 Å². The van der Waals surface area contributed by atoms with Crippen LogP contribution in [0.4, 0.5) is 0 Å². The monoisotopic (exact) mass is 753 g/mol. The van der Waals surface area contributed by atoms with Crippen molar-refractivity contribution in [3.05, 3.63) is 44.1 Å². The predicted molar refractivity (Wildman–Crippen MR) is 176 cm³/mol. The third-order valence-electron chi connectivity index (χ3n) is 9.53. The van der Waals surface area contributed by atoms with Crippen molar-refractivity contribution < 1.29 is 69.0 Å². The van der Waals surface area contributed by atoms with Crippen molar-refractivity contribution in [2.75, 3.05) is 20.3 Å². The number of benzene rings is 1. The third-order valence-corrected chi connectivity index (χ3v) is 9.53. The van der Waals surface area contributed by atoms with Gasteiger partial charge in [0, 0.05) is 7.11 Å². The van der Waals surface area contributed by atoms with Crippen LogP contribution in [0.5, 0.6) is 0 Å². The Morgan fingerprint density at radius 2 is 1.74 bits per heavy atom. The first-order valence-corrected chi connectivity index (χ1v) is 16.6. The van der Waals surface area contributed by atoms with Crippen molar-refractivity contribution >= 4 is 23.4 Å². The van der Waals surface area contributed by atoms with E-state index in [0.29, 0.717) is 17.4 Å². The maximum Gasteiger partial charge on any atom is 0.349 e. The Hall–Kier alpha value is -4.00. The molecule has 0 radical (unpaired) electrons. The predicted octanol–water partition coefficient (Wildman–Crippen LogP) is -5.07. The molecule has 53 heavy (non-hydrogen) atoms. The number of aromatic nitrogens is 4. The quantitative estimate of drug-likeness (QED) is 0.0448. The molecule has 2 fully saturated rings. The molecule has 4 aliphatic rings. The lowest BCUT2D eigenvalue weighted by Gasteiger charge is -2.47. The molecule has 0 spiro atoms. The van der Waals surface area contributed by atoms with Crippen LogP contribution < -0.4 is 16.6 Å². The number of carbonyl (C=O) groups is 2. The van der Waals surface area contributed by atoms with E-state index < -0.39 is 116 Å². The van der Waals surface area contributed by atoms with Gasteiger partial charge in [0.05, 0.1) is 36.3 Å². The van der Waals surface area contributed by atoms with Crippen molar-refractivity contribution in [2.45, 2.75) is 107 Å². The highest BCUT2D eigenvalue weighted by molar-refractivity contribution is 5.81. The smallest absolute Gasteiger partial charge is 0.349 e. The van der Waals surface area contributed by atoms with Gasteiger partial charge in [0.15, 0.2) is 23.9 Å². The average molecular weight is 754 g/mol. The fourth-order valence-electron chi connectivity index (χ4n) is 6.45. The van der Waals surface area contributed by atoms with E-state index >= 15 is 0 Å². The molecule has 0 bridgehead atoms. The zero-order valence-electron chi connectivity index (χ0n) is 29.0. The first-order chi connectivity index (χ1) is 25.1. The van der Waals surface area contributed by atoms with Crippen LogP contribution in [0, 0.1) is 13.8 Å². The minimum atomic E-state index is -1.98. The summed E-state index contributed by atoms with van der Waals surface area (Å²) in [6.45, 7) is 3.08. The van der Waals surface area contributed by atoms with E-state index in [1.807, 2.05) is 11.9 Å². The summed E-state index contributed by atoms with van der Waals surface area (Å²) in [4.78, 5) is 59.4. The summed E-state index contributed by atoms with van der Waals surface area (Å²) in [6, 6.07) is 2.35. The number of carbonyl (C=O) groups excluding carboxylic acids is 2. The topological polar surface area (TPSA) is 315 Å². The highest BCUT2D eigenvalue weighted by atomic mass is 16.7. The van der Waals surface area contributed by atoms with E-state index in [1.165, 1.54) is 11.5 Å². The van der Waals surface area contributed by atoms with Gasteiger partial charge in [-0.25, -0.2) is 14.6 Å². The highest BCUT2D eigenvalue weighted by Crippen LogP contribution is 2.31. The number of H-pyrrole nitrogens is 1. The second-order valence-corrected chi connectivity index (χ2v) is 13.0. The number of methoxy groups -OCH3 is 1. The summed E-state index contributed by atoms with van der Waals surface area (Å²) in [5.41, 5.74) is 0.297. The molecule has 292 valence electrons. The van der Waals surface area contributed by atoms with Gasteiger partial charge in [-0.05, 0) is 44.0 Å². The van der Waals surface area contributed by atoms with Crippen molar-refractivity contribution in [1.82, 2.24) is 24.8 Å². The zero-order chi connectivity index (χ0) is 38.9. The molecular weight excluding hydrogens is 710 g/mol. The number of esters is 1. The fraction of sp³-hybridized carbons (Fsp3) is 0.625. The summed E-state index contributed by atoms with van der Waals surface area (Å²) in [5.74, 6) is -1.45. The number of amides is 1. The third kappa shape index (κ3) is 8.10. The standard InChI is InChI=1S/C32H43N5O16/c1-11-5-14-15(6-12(11)2)37(28-20(34-14)29(46)36-32(48)35-28)7-16(40)21(42)17(41)9-50-30(47)27-26(49-4)23(44)24(45)31(53-27)52-25-19(33-10-39)13(3)51-18(8-38)22(25)43/h5-6,10,13,16-19,21-27,31,38,40-45H,7-9H2,1-4H3,(H,33,39)(H,36,46,48)/t13-,16?,17?,18?,19?,21?,22?,23?,24?,25?,26?,27?,31?/m1/s1. The van der Waals surface area contributed by atoms with Gasteiger partial charge in [0.2, 0.25) is 6.41 Å². The Morgan fingerprint density at radius 1 is 1.04 bits per heavy atom. The van der Waals surface area contributed by atoms with Crippen LogP contribution in [0.2, 0.25) is 0 Å². The number of aliphatic hydroxyl groups is 7. The molecule has 1 aromatic carbocycles. The van der Waals surface area contributed by atoms with E-state index in [1.54, 1.807) is 19.1 Å². The summed E-state index contributed by atoms with van der Waals surface area (Å²) in [6.07, 6.45) is -19.2. The maximum absolute atomic E-state index is 13.3. The Kier molecular flexibility index (Phi) is 12.6. The van der Waals surface area contributed by atoms with Crippen molar-refractivity contribution in [2.24, 2.45) is 0 Å². The summed E-state index contributed by atoms with van der Waals surface area (Å²) < 4.78 is 28.6. The minimum absolute atomic E-state index is 0.192. The number of nitrogens with one attached hydrogen (secondary N) is 2. The molecule has 2 saturated heterocycles. The number of aryl methyl sites for hydroxylation is 2. The zero-order valence-corrected chi connectivity index (χ0v) is 29.0. The van der Waals surface area contributed by atoms with E-state index in [2.05, 4.69) is 15.3 Å². The number of ether oxygens (including phenoxy) is 5. The summed E-state index contributed by atoms with van der Waals surface area (Å²) >= 11 is 0. The number of hydrogen-bond acceptors (Lipinski definition) is 18. The molecule has 0 saturated carbocycles. The number of fused-ring (bicyclic) bond motifs is 2. The SMILES string of the molecule is COC1C(C(=O)OCC(O)C(O)C(O)Cn2c3nc(=O)[nH]c(=O)c-3nc3cc(C)c(C)cc32)OC(OC2C(O)C(CO)O[C@H](C)C2NC=O)C(O)C1O. The van der Waals surface area contributed by atoms with Gasteiger partial charge < -0.3 is 69.3 Å². The Labute approximate surface area is 300 Å². The molecule has 1 aromatic rings. The first kappa shape index (κ1) is 40.2. The minimum Gasteiger partial charge on any atom is -0.461 e. The molecule has 21 heteroatoms. The van der Waals surface area contributed by atoms with Crippen molar-refractivity contribution in [3.63, 3.8) is 0 Å². The average Bonchev–Trinajstić information content (AvgIpc) is 3.12. The molecule has 4 heterocycles. The maximum atomic E-state index is 13.3. The van der Waals surface area contributed by atoms with E-state index in [4.69, 9.17) is 23.7 Å². The van der Waals surface area contributed by atoms with Crippen LogP contribution in [0.1, 0.15) is 18.1 Å². The van der Waals surface area contributed by atoms with Crippen molar-refractivity contribution in [3.8, 4) is 11.5 Å². The van der Waals surface area contributed by atoms with Gasteiger partial charge in [-0.3, -0.25) is 14.6 Å². The first-order valence-electron chi connectivity index (χ1n) is 16.6. The van der Waals surface area contributed by atoms with Gasteiger partial charge in [-0.1, -0.05) is 0 Å². The largest absolute Gasteiger partial charge is 0.461 e.